The molecule has 0 heterocycles. The van der Waals surface area contributed by atoms with Crippen molar-refractivity contribution < 1.29 is 4.39 Å². The Balaban J connectivity index is 3.03. The van der Waals surface area contributed by atoms with Gasteiger partial charge in [0.25, 0.3) is 0 Å². The number of hydrogen-bond donors (Lipinski definition) is 2. The van der Waals surface area contributed by atoms with Crippen LogP contribution in [0.1, 0.15) is 38.3 Å². The first-order chi connectivity index (χ1) is 7.61. The molecule has 0 fully saturated rings. The highest BCUT2D eigenvalue weighted by Crippen LogP contribution is 2.31. The average molecular weight is 245 g/mol. The van der Waals surface area contributed by atoms with Gasteiger partial charge in [0, 0.05) is 10.6 Å². The summed E-state index contributed by atoms with van der Waals surface area (Å²) < 4.78 is 13.7. The second-order valence-corrected chi connectivity index (χ2v) is 4.45. The van der Waals surface area contributed by atoms with Crippen LogP contribution in [0.5, 0.6) is 0 Å². The molecule has 3 N–H and O–H groups in total. The number of nitrogens with one attached hydrogen (secondary N) is 1. The summed E-state index contributed by atoms with van der Waals surface area (Å²) in [6.07, 6.45) is 2.00. The molecule has 0 saturated carbocycles. The summed E-state index contributed by atoms with van der Waals surface area (Å²) in [5, 5.41) is 0.422. The highest BCUT2D eigenvalue weighted by atomic mass is 35.5. The Morgan fingerprint density at radius 2 is 2.19 bits per heavy atom. The topological polar surface area (TPSA) is 38.0 Å². The first kappa shape index (κ1) is 13.4. The molecule has 0 saturated heterocycles. The Morgan fingerprint density at radius 1 is 1.50 bits per heavy atom. The van der Waals surface area contributed by atoms with Crippen molar-refractivity contribution in [3.8, 4) is 0 Å². The molecule has 0 radical (unpaired) electrons. The van der Waals surface area contributed by atoms with Gasteiger partial charge in [0.1, 0.15) is 5.82 Å². The van der Waals surface area contributed by atoms with E-state index in [1.54, 1.807) is 12.1 Å². The summed E-state index contributed by atoms with van der Waals surface area (Å²) in [5.74, 6) is 5.43. The van der Waals surface area contributed by atoms with Crippen molar-refractivity contribution in [2.24, 2.45) is 11.8 Å². The molecule has 0 bridgehead atoms. The maximum atomic E-state index is 13.7. The van der Waals surface area contributed by atoms with Crippen LogP contribution in [0.4, 0.5) is 4.39 Å². The Morgan fingerprint density at radius 3 is 2.69 bits per heavy atom. The lowest BCUT2D eigenvalue weighted by Crippen LogP contribution is -2.33. The SMILES string of the molecule is CCCC(C)C(NN)c1c(F)cccc1Cl. The van der Waals surface area contributed by atoms with Crippen LogP contribution in [-0.4, -0.2) is 0 Å². The number of nitrogens with two attached hydrogens (primary N) is 1. The van der Waals surface area contributed by atoms with Crippen molar-refractivity contribution in [3.05, 3.63) is 34.6 Å². The second kappa shape index (κ2) is 6.18. The van der Waals surface area contributed by atoms with Gasteiger partial charge in [-0.2, -0.15) is 0 Å². The lowest BCUT2D eigenvalue weighted by Gasteiger charge is -2.24. The zero-order chi connectivity index (χ0) is 12.1. The molecule has 0 aromatic heterocycles. The van der Waals surface area contributed by atoms with Crippen molar-refractivity contribution in [2.75, 3.05) is 0 Å². The predicted molar refractivity (Wildman–Crippen MR) is 65.5 cm³/mol. The van der Waals surface area contributed by atoms with E-state index in [1.807, 2.05) is 6.92 Å². The van der Waals surface area contributed by atoms with Gasteiger partial charge in [-0.15, -0.1) is 0 Å². The molecule has 4 heteroatoms. The first-order valence-electron chi connectivity index (χ1n) is 5.51. The summed E-state index contributed by atoms with van der Waals surface area (Å²) >= 11 is 6.01. The molecule has 1 aromatic rings. The standard InChI is InChI=1S/C12H18ClFN2/c1-3-5-8(2)12(16-15)11-9(13)6-4-7-10(11)14/h4,6-8,12,16H,3,5,15H2,1-2H3. The Labute approximate surface area is 101 Å². The molecule has 1 rings (SSSR count). The van der Waals surface area contributed by atoms with E-state index in [4.69, 9.17) is 17.4 Å². The number of halogens is 2. The normalized spacial score (nSPS) is 14.8. The van der Waals surface area contributed by atoms with Crippen molar-refractivity contribution in [2.45, 2.75) is 32.7 Å². The molecular weight excluding hydrogens is 227 g/mol. The monoisotopic (exact) mass is 244 g/mol. The minimum absolute atomic E-state index is 0.240. The molecular formula is C12H18ClFN2. The smallest absolute Gasteiger partial charge is 0.129 e. The molecule has 0 spiro atoms. The molecule has 90 valence electrons. The van der Waals surface area contributed by atoms with Gasteiger partial charge in [-0.05, 0) is 24.5 Å². The van der Waals surface area contributed by atoms with Gasteiger partial charge >= 0.3 is 0 Å². The van der Waals surface area contributed by atoms with Gasteiger partial charge in [0.15, 0.2) is 0 Å². The number of benzene rings is 1. The fourth-order valence-electron chi connectivity index (χ4n) is 1.96. The molecule has 1 aromatic carbocycles. The van der Waals surface area contributed by atoms with Crippen molar-refractivity contribution in [3.63, 3.8) is 0 Å². The molecule has 2 nitrogen and oxygen atoms in total. The Kier molecular flexibility index (Phi) is 5.19. The van der Waals surface area contributed by atoms with E-state index < -0.39 is 0 Å². The van der Waals surface area contributed by atoms with E-state index in [-0.39, 0.29) is 17.8 Å². The number of hydrazine groups is 1. The number of rotatable bonds is 5. The minimum Gasteiger partial charge on any atom is -0.271 e. The van der Waals surface area contributed by atoms with Crippen LogP contribution in [0.15, 0.2) is 18.2 Å². The number of hydrogen-bond acceptors (Lipinski definition) is 2. The molecule has 0 aliphatic rings. The van der Waals surface area contributed by atoms with Crippen LogP contribution in [0, 0.1) is 11.7 Å². The molecule has 2 atom stereocenters. The Hall–Kier alpha value is -0.640. The van der Waals surface area contributed by atoms with E-state index in [1.165, 1.54) is 6.07 Å². The summed E-state index contributed by atoms with van der Waals surface area (Å²) in [4.78, 5) is 0. The molecule has 0 aliphatic heterocycles. The van der Waals surface area contributed by atoms with Gasteiger partial charge in [0.2, 0.25) is 0 Å². The van der Waals surface area contributed by atoms with Gasteiger partial charge in [0.05, 0.1) is 6.04 Å². The summed E-state index contributed by atoms with van der Waals surface area (Å²) in [7, 11) is 0. The summed E-state index contributed by atoms with van der Waals surface area (Å²) in [6.45, 7) is 4.13. The average Bonchev–Trinajstić information content (AvgIpc) is 2.24. The third-order valence-corrected chi connectivity index (χ3v) is 3.13. The third-order valence-electron chi connectivity index (χ3n) is 2.80. The highest BCUT2D eigenvalue weighted by Gasteiger charge is 2.22. The summed E-state index contributed by atoms with van der Waals surface area (Å²) in [6, 6.07) is 4.44. The highest BCUT2D eigenvalue weighted by molar-refractivity contribution is 6.31. The van der Waals surface area contributed by atoms with Crippen LogP contribution < -0.4 is 11.3 Å². The van der Waals surface area contributed by atoms with Crippen molar-refractivity contribution in [1.82, 2.24) is 5.43 Å². The quantitative estimate of drug-likeness (QED) is 0.615. The predicted octanol–water partition coefficient (Wildman–Crippen LogP) is 3.42. The van der Waals surface area contributed by atoms with Crippen molar-refractivity contribution >= 4 is 11.6 Å². The summed E-state index contributed by atoms with van der Waals surface area (Å²) in [5.41, 5.74) is 3.13. The zero-order valence-corrected chi connectivity index (χ0v) is 10.4. The van der Waals surface area contributed by atoms with Gasteiger partial charge in [-0.1, -0.05) is 37.9 Å². The first-order valence-corrected chi connectivity index (χ1v) is 5.89. The van der Waals surface area contributed by atoms with Crippen LogP contribution in [0.25, 0.3) is 0 Å². The molecule has 0 aliphatic carbocycles. The third kappa shape index (κ3) is 2.94. The van der Waals surface area contributed by atoms with Crippen LogP contribution in [0.3, 0.4) is 0 Å². The molecule has 0 amide bonds. The minimum atomic E-state index is -0.307. The molecule has 16 heavy (non-hydrogen) atoms. The second-order valence-electron chi connectivity index (χ2n) is 4.05. The zero-order valence-electron chi connectivity index (χ0n) is 9.63. The van der Waals surface area contributed by atoms with E-state index in [9.17, 15) is 4.39 Å². The van der Waals surface area contributed by atoms with E-state index in [2.05, 4.69) is 12.3 Å². The van der Waals surface area contributed by atoms with Crippen molar-refractivity contribution in [1.29, 1.82) is 0 Å². The fourth-order valence-corrected chi connectivity index (χ4v) is 2.24. The lowest BCUT2D eigenvalue weighted by atomic mass is 9.91. The maximum Gasteiger partial charge on any atom is 0.129 e. The largest absolute Gasteiger partial charge is 0.271 e. The molecule has 2 unspecified atom stereocenters. The van der Waals surface area contributed by atoms with Crippen LogP contribution >= 0.6 is 11.6 Å². The van der Waals surface area contributed by atoms with E-state index in [0.717, 1.165) is 12.8 Å². The van der Waals surface area contributed by atoms with Gasteiger partial charge in [-0.25, -0.2) is 4.39 Å². The van der Waals surface area contributed by atoms with Crippen LogP contribution in [-0.2, 0) is 0 Å². The van der Waals surface area contributed by atoms with Crippen LogP contribution in [0.2, 0.25) is 5.02 Å². The maximum absolute atomic E-state index is 13.7. The Bertz CT molecular complexity index is 324. The van der Waals surface area contributed by atoms with E-state index in [0.29, 0.717) is 10.6 Å². The fraction of sp³-hybridized carbons (Fsp3) is 0.500. The lowest BCUT2D eigenvalue weighted by molar-refractivity contribution is 0.358. The van der Waals surface area contributed by atoms with Gasteiger partial charge < -0.3 is 0 Å². The van der Waals surface area contributed by atoms with E-state index >= 15 is 0 Å². The van der Waals surface area contributed by atoms with Gasteiger partial charge in [-0.3, -0.25) is 11.3 Å².